The fourth-order valence-corrected chi connectivity index (χ4v) is 3.03. The van der Waals surface area contributed by atoms with Crippen LogP contribution in [0.15, 0.2) is 4.99 Å². The van der Waals surface area contributed by atoms with Gasteiger partial charge in [-0.25, -0.2) is 4.99 Å². The van der Waals surface area contributed by atoms with E-state index in [-0.39, 0.29) is 24.0 Å². The zero-order valence-corrected chi connectivity index (χ0v) is 17.0. The van der Waals surface area contributed by atoms with Crippen molar-refractivity contribution >= 4 is 11.9 Å². The Hall–Kier alpha value is -1.30. The van der Waals surface area contributed by atoms with Gasteiger partial charge in [0.05, 0.1) is 6.10 Å². The van der Waals surface area contributed by atoms with Gasteiger partial charge in [-0.15, -0.1) is 0 Å². The van der Waals surface area contributed by atoms with Crippen molar-refractivity contribution in [3.63, 3.8) is 0 Å². The van der Waals surface area contributed by atoms with Gasteiger partial charge in [-0.1, -0.05) is 40.0 Å². The van der Waals surface area contributed by atoms with Crippen LogP contribution in [0.3, 0.4) is 0 Å². The van der Waals surface area contributed by atoms with Crippen LogP contribution >= 0.6 is 0 Å². The molecule has 1 amide bonds. The molecule has 0 aromatic carbocycles. The van der Waals surface area contributed by atoms with Crippen molar-refractivity contribution in [3.05, 3.63) is 0 Å². The second-order valence-electron chi connectivity index (χ2n) is 8.31. The van der Waals surface area contributed by atoms with Crippen molar-refractivity contribution in [1.29, 1.82) is 0 Å². The molecule has 1 saturated carbocycles. The number of hydrogen-bond donors (Lipinski definition) is 2. The molecule has 0 bridgehead atoms. The van der Waals surface area contributed by atoms with E-state index in [1.165, 1.54) is 32.1 Å². The predicted molar refractivity (Wildman–Crippen MR) is 104 cm³/mol. The Bertz CT molecular complexity index is 424. The zero-order chi connectivity index (χ0) is 18.9. The molecule has 0 radical (unpaired) electrons. The Morgan fingerprint density at radius 2 is 1.84 bits per heavy atom. The van der Waals surface area contributed by atoms with Crippen LogP contribution in [0.5, 0.6) is 0 Å². The van der Waals surface area contributed by atoms with Gasteiger partial charge in [-0.3, -0.25) is 4.79 Å². The Kier molecular flexibility index (Phi) is 9.25. The maximum absolute atomic E-state index is 11.8. The number of nitrogens with one attached hydrogen (secondary N) is 2. The van der Waals surface area contributed by atoms with Crippen molar-refractivity contribution in [2.75, 3.05) is 40.8 Å². The SMILES string of the molecule is COC(CNC(=NCC(=O)N(C)C)NCC1CCCCC1)C(C)(C)C. The second kappa shape index (κ2) is 10.6. The third-order valence-electron chi connectivity index (χ3n) is 4.86. The maximum Gasteiger partial charge on any atom is 0.243 e. The quantitative estimate of drug-likeness (QED) is 0.544. The van der Waals surface area contributed by atoms with Crippen LogP contribution in [0.4, 0.5) is 0 Å². The minimum absolute atomic E-state index is 0.00196. The first-order chi connectivity index (χ1) is 11.7. The summed E-state index contributed by atoms with van der Waals surface area (Å²) in [5.74, 6) is 1.40. The summed E-state index contributed by atoms with van der Waals surface area (Å²) in [4.78, 5) is 17.9. The molecule has 6 nitrogen and oxygen atoms in total. The molecule has 1 fully saturated rings. The number of carbonyl (C=O) groups is 1. The first-order valence-corrected chi connectivity index (χ1v) is 9.49. The molecule has 146 valence electrons. The van der Waals surface area contributed by atoms with Gasteiger partial charge in [0.15, 0.2) is 5.96 Å². The Labute approximate surface area is 153 Å². The highest BCUT2D eigenvalue weighted by Crippen LogP contribution is 2.23. The van der Waals surface area contributed by atoms with Gasteiger partial charge in [0, 0.05) is 34.3 Å². The molecule has 6 heteroatoms. The Balaban J connectivity index is 2.62. The first kappa shape index (κ1) is 21.7. The van der Waals surface area contributed by atoms with E-state index in [0.717, 1.165) is 6.54 Å². The molecule has 1 aliphatic carbocycles. The molecule has 25 heavy (non-hydrogen) atoms. The molecule has 0 spiro atoms. The van der Waals surface area contributed by atoms with Crippen LogP contribution in [0.25, 0.3) is 0 Å². The Morgan fingerprint density at radius 3 is 2.36 bits per heavy atom. The molecule has 1 rings (SSSR count). The minimum Gasteiger partial charge on any atom is -0.379 e. The monoisotopic (exact) mass is 354 g/mol. The van der Waals surface area contributed by atoms with E-state index in [9.17, 15) is 4.79 Å². The van der Waals surface area contributed by atoms with E-state index in [2.05, 4.69) is 36.4 Å². The summed E-state index contributed by atoms with van der Waals surface area (Å²) in [5, 5.41) is 6.78. The number of nitrogens with zero attached hydrogens (tertiary/aromatic N) is 2. The van der Waals surface area contributed by atoms with Crippen LogP contribution in [-0.2, 0) is 9.53 Å². The van der Waals surface area contributed by atoms with E-state index in [4.69, 9.17) is 4.74 Å². The molecule has 0 aromatic rings. The molecule has 0 aromatic heterocycles. The molecule has 2 N–H and O–H groups in total. The van der Waals surface area contributed by atoms with Crippen LogP contribution in [-0.4, -0.2) is 63.7 Å². The average molecular weight is 355 g/mol. The molecule has 0 aliphatic heterocycles. The molecule has 1 aliphatic rings. The summed E-state index contributed by atoms with van der Waals surface area (Å²) in [6, 6.07) is 0. The van der Waals surface area contributed by atoms with Crippen LogP contribution in [0.2, 0.25) is 0 Å². The van der Waals surface area contributed by atoms with Crippen molar-refractivity contribution in [1.82, 2.24) is 15.5 Å². The van der Waals surface area contributed by atoms with Gasteiger partial charge in [0.1, 0.15) is 6.54 Å². The van der Waals surface area contributed by atoms with Gasteiger partial charge < -0.3 is 20.3 Å². The number of hydrogen-bond acceptors (Lipinski definition) is 3. The number of carbonyl (C=O) groups excluding carboxylic acids is 1. The zero-order valence-electron chi connectivity index (χ0n) is 17.0. The summed E-state index contributed by atoms with van der Waals surface area (Å²) in [6.07, 6.45) is 6.62. The summed E-state index contributed by atoms with van der Waals surface area (Å²) in [5.41, 5.74) is 0.0374. The highest BCUT2D eigenvalue weighted by molar-refractivity contribution is 5.84. The number of guanidine groups is 1. The number of ether oxygens (including phenoxy) is 1. The van der Waals surface area contributed by atoms with Crippen molar-refractivity contribution in [3.8, 4) is 0 Å². The van der Waals surface area contributed by atoms with Crippen LogP contribution < -0.4 is 10.6 Å². The van der Waals surface area contributed by atoms with Crippen molar-refractivity contribution < 1.29 is 9.53 Å². The van der Waals surface area contributed by atoms with Gasteiger partial charge in [-0.2, -0.15) is 0 Å². The van der Waals surface area contributed by atoms with E-state index >= 15 is 0 Å². The highest BCUT2D eigenvalue weighted by Gasteiger charge is 2.24. The first-order valence-electron chi connectivity index (χ1n) is 9.49. The lowest BCUT2D eigenvalue weighted by Gasteiger charge is -2.30. The molecular formula is C19H38N4O2. The maximum atomic E-state index is 11.8. The Morgan fingerprint density at radius 1 is 1.20 bits per heavy atom. The van der Waals surface area contributed by atoms with Gasteiger partial charge in [-0.05, 0) is 24.2 Å². The molecule has 1 atom stereocenters. The van der Waals surface area contributed by atoms with Crippen LogP contribution in [0.1, 0.15) is 52.9 Å². The molecular weight excluding hydrogens is 316 g/mol. The van der Waals surface area contributed by atoms with Crippen molar-refractivity contribution in [2.24, 2.45) is 16.3 Å². The average Bonchev–Trinajstić information content (AvgIpc) is 2.56. The summed E-state index contributed by atoms with van der Waals surface area (Å²) < 4.78 is 5.60. The van der Waals surface area contributed by atoms with E-state index < -0.39 is 0 Å². The molecule has 0 saturated heterocycles. The van der Waals surface area contributed by atoms with Gasteiger partial charge in [0.25, 0.3) is 0 Å². The topological polar surface area (TPSA) is 66.0 Å². The highest BCUT2D eigenvalue weighted by atomic mass is 16.5. The molecule has 0 heterocycles. The van der Waals surface area contributed by atoms with Crippen molar-refractivity contribution in [2.45, 2.75) is 59.0 Å². The second-order valence-corrected chi connectivity index (χ2v) is 8.31. The van der Waals surface area contributed by atoms with Crippen LogP contribution in [0, 0.1) is 11.3 Å². The largest absolute Gasteiger partial charge is 0.379 e. The standard InChI is InChI=1S/C19H38N4O2/c1-19(2,3)16(25-6)13-21-18(22-14-17(24)23(4)5)20-12-15-10-8-7-9-11-15/h15-16H,7-14H2,1-6H3,(H2,20,21,22). The third-order valence-corrected chi connectivity index (χ3v) is 4.86. The minimum atomic E-state index is -0.00196. The third kappa shape index (κ3) is 8.56. The lowest BCUT2D eigenvalue weighted by Crippen LogP contribution is -2.46. The molecule has 1 unspecified atom stereocenters. The number of rotatable bonds is 7. The number of amides is 1. The fraction of sp³-hybridized carbons (Fsp3) is 0.895. The number of methoxy groups -OCH3 is 1. The fourth-order valence-electron chi connectivity index (χ4n) is 3.03. The smallest absolute Gasteiger partial charge is 0.243 e. The summed E-state index contributed by atoms with van der Waals surface area (Å²) in [6.45, 7) is 8.20. The normalized spacial score (nSPS) is 17.9. The lowest BCUT2D eigenvalue weighted by atomic mass is 9.89. The summed E-state index contributed by atoms with van der Waals surface area (Å²) >= 11 is 0. The predicted octanol–water partition coefficient (Wildman–Crippen LogP) is 2.25. The van der Waals surface area contributed by atoms with E-state index in [0.29, 0.717) is 18.4 Å². The number of aliphatic imine (C=N–C) groups is 1. The van der Waals surface area contributed by atoms with E-state index in [1.54, 1.807) is 26.1 Å². The summed E-state index contributed by atoms with van der Waals surface area (Å²) in [7, 11) is 5.24. The van der Waals surface area contributed by atoms with Gasteiger partial charge in [0.2, 0.25) is 5.91 Å². The lowest BCUT2D eigenvalue weighted by molar-refractivity contribution is -0.127. The number of likely N-dealkylation sites (N-methyl/N-ethyl adjacent to an activating group) is 1. The van der Waals surface area contributed by atoms with Gasteiger partial charge >= 0.3 is 0 Å². The van der Waals surface area contributed by atoms with E-state index in [1.807, 2.05) is 0 Å².